The van der Waals surface area contributed by atoms with E-state index in [9.17, 15) is 0 Å². The third-order valence-electron chi connectivity index (χ3n) is 5.45. The number of quaternary nitrogens is 1. The van der Waals surface area contributed by atoms with Crippen molar-refractivity contribution in [3.8, 4) is 0 Å². The van der Waals surface area contributed by atoms with Crippen LogP contribution in [0.5, 0.6) is 0 Å². The summed E-state index contributed by atoms with van der Waals surface area (Å²) < 4.78 is 0.945. The zero-order chi connectivity index (χ0) is 22.2. The van der Waals surface area contributed by atoms with E-state index in [4.69, 9.17) is 5.11 Å². The lowest BCUT2D eigenvalue weighted by Gasteiger charge is -2.22. The minimum absolute atomic E-state index is 0. The Morgan fingerprint density at radius 1 is 0.581 bits per heavy atom. The Bertz CT molecular complexity index is 298. The number of aliphatic hydroxyl groups is 1. The molecule has 0 spiro atoms. The van der Waals surface area contributed by atoms with E-state index in [1.165, 1.54) is 109 Å². The maximum absolute atomic E-state index is 8.42. The molecule has 0 aliphatic carbocycles. The third-order valence-corrected chi connectivity index (χ3v) is 5.45. The summed E-state index contributed by atoms with van der Waals surface area (Å²) in [5.74, 6) is 0. The first-order valence-corrected chi connectivity index (χ1v) is 12.9. The van der Waals surface area contributed by atoms with E-state index in [0.717, 1.165) is 17.4 Å². The lowest BCUT2D eigenvalue weighted by atomic mass is 10.0. The van der Waals surface area contributed by atoms with E-state index >= 15 is 0 Å². The highest BCUT2D eigenvalue weighted by Crippen LogP contribution is 2.13. The zero-order valence-electron chi connectivity index (χ0n) is 22.3. The van der Waals surface area contributed by atoms with Crippen LogP contribution in [-0.4, -0.2) is 69.4 Å². The predicted octanol–water partition coefficient (Wildman–Crippen LogP) is 4.31. The molecule has 0 radical (unpaired) electrons. The fourth-order valence-electron chi connectivity index (χ4n) is 3.52. The van der Waals surface area contributed by atoms with Crippen LogP contribution in [0.25, 0.3) is 0 Å². The van der Waals surface area contributed by atoms with E-state index in [2.05, 4.69) is 47.1 Å². The molecule has 194 valence electrons. The van der Waals surface area contributed by atoms with Crippen LogP contribution >= 0.6 is 12.4 Å². The molecule has 0 rings (SSSR count). The smallest absolute Gasteiger partial charge is 0.0802 e. The van der Waals surface area contributed by atoms with Crippen molar-refractivity contribution in [2.45, 2.75) is 116 Å². The molecule has 0 atom stereocenters. The summed E-state index contributed by atoms with van der Waals surface area (Å²) in [5, 5.41) is 8.42. The molecule has 0 aromatic carbocycles. The van der Waals surface area contributed by atoms with Crippen molar-refractivity contribution >= 4 is 12.4 Å². The van der Waals surface area contributed by atoms with Crippen molar-refractivity contribution < 1.29 is 22.0 Å². The first-order chi connectivity index (χ1) is 13.8. The minimum Gasteiger partial charge on any atom is -1.00 e. The SMILES string of the molecule is CCCCCCCCCCCCCCCCCCN(C)C.C[N+](C)(C)CCCO.Cl.[Cl-]. The molecule has 0 amide bonds. The molecule has 1 N–H and O–H groups in total. The summed E-state index contributed by atoms with van der Waals surface area (Å²) in [6.45, 7) is 4.92. The summed E-state index contributed by atoms with van der Waals surface area (Å²) >= 11 is 0. The second kappa shape index (κ2) is 30.5. The number of hydrogen-bond acceptors (Lipinski definition) is 2. The highest BCUT2D eigenvalue weighted by Gasteiger charge is 2.03. The van der Waals surface area contributed by atoms with Gasteiger partial charge in [0.1, 0.15) is 0 Å². The molecule has 0 aliphatic rings. The van der Waals surface area contributed by atoms with E-state index < -0.39 is 0 Å². The zero-order valence-corrected chi connectivity index (χ0v) is 23.8. The Morgan fingerprint density at radius 3 is 1.13 bits per heavy atom. The molecule has 0 aromatic heterocycles. The van der Waals surface area contributed by atoms with Crippen LogP contribution < -0.4 is 12.4 Å². The van der Waals surface area contributed by atoms with Crippen LogP contribution in [0, 0.1) is 0 Å². The molecule has 5 heteroatoms. The molecular weight excluding hydrogens is 427 g/mol. The van der Waals surface area contributed by atoms with Crippen LogP contribution in [0.2, 0.25) is 0 Å². The standard InChI is InChI=1S/C20H43N.C6H16NO.2ClH/c1-4-5-6-7-8-9-10-11-12-13-14-15-16-17-18-19-20-21(2)3;1-7(2,3)5-4-6-8;;/h4-20H2,1-3H3;8H,4-6H2,1-3H3;2*1H/q;+1;;/p-1. The number of unbranched alkanes of at least 4 members (excludes halogenated alkanes) is 15. The van der Waals surface area contributed by atoms with Gasteiger partial charge < -0.3 is 26.9 Å². The lowest BCUT2D eigenvalue weighted by Crippen LogP contribution is -3.00. The largest absolute Gasteiger partial charge is 1.00 e. The van der Waals surface area contributed by atoms with Crippen molar-refractivity contribution in [2.24, 2.45) is 0 Å². The van der Waals surface area contributed by atoms with Gasteiger partial charge in [-0.05, 0) is 27.1 Å². The number of hydrogen-bond donors (Lipinski definition) is 1. The fourth-order valence-corrected chi connectivity index (χ4v) is 3.52. The first-order valence-electron chi connectivity index (χ1n) is 12.9. The molecular formula is C26H60Cl2N2O. The molecule has 3 nitrogen and oxygen atoms in total. The van der Waals surface area contributed by atoms with Crippen LogP contribution in [-0.2, 0) is 0 Å². The summed E-state index contributed by atoms with van der Waals surface area (Å²) in [4.78, 5) is 2.30. The molecule has 0 saturated carbocycles. The van der Waals surface area contributed by atoms with Gasteiger partial charge in [0.2, 0.25) is 0 Å². The van der Waals surface area contributed by atoms with Gasteiger partial charge in [0, 0.05) is 13.0 Å². The second-order valence-electron chi connectivity index (χ2n) is 10.2. The van der Waals surface area contributed by atoms with Gasteiger partial charge in [0.15, 0.2) is 0 Å². The fraction of sp³-hybridized carbons (Fsp3) is 1.00. The highest BCUT2D eigenvalue weighted by atomic mass is 35.5. The topological polar surface area (TPSA) is 23.5 Å². The van der Waals surface area contributed by atoms with Crippen molar-refractivity contribution in [3.05, 3.63) is 0 Å². The van der Waals surface area contributed by atoms with Gasteiger partial charge in [0.25, 0.3) is 0 Å². The van der Waals surface area contributed by atoms with Gasteiger partial charge in [-0.15, -0.1) is 12.4 Å². The van der Waals surface area contributed by atoms with Gasteiger partial charge in [-0.3, -0.25) is 0 Å². The normalized spacial score (nSPS) is 10.8. The summed E-state index contributed by atoms with van der Waals surface area (Å²) in [7, 11) is 10.7. The molecule has 0 fully saturated rings. The third kappa shape index (κ3) is 44.8. The van der Waals surface area contributed by atoms with Gasteiger partial charge in [-0.2, -0.15) is 0 Å². The maximum Gasteiger partial charge on any atom is 0.0802 e. The summed E-state index contributed by atoms with van der Waals surface area (Å²) in [6, 6.07) is 0. The van der Waals surface area contributed by atoms with Gasteiger partial charge in [-0.25, -0.2) is 0 Å². The van der Waals surface area contributed by atoms with Gasteiger partial charge in [0.05, 0.1) is 27.7 Å². The highest BCUT2D eigenvalue weighted by molar-refractivity contribution is 5.85. The van der Waals surface area contributed by atoms with Gasteiger partial charge >= 0.3 is 0 Å². The Balaban J connectivity index is -0.000000311. The summed E-state index contributed by atoms with van der Waals surface area (Å²) in [5.41, 5.74) is 0. The van der Waals surface area contributed by atoms with E-state index in [-0.39, 0.29) is 24.8 Å². The molecule has 0 aromatic rings. The van der Waals surface area contributed by atoms with Crippen LogP contribution in [0.15, 0.2) is 0 Å². The number of halogens is 2. The minimum atomic E-state index is 0. The van der Waals surface area contributed by atoms with Crippen LogP contribution in [0.3, 0.4) is 0 Å². The monoisotopic (exact) mass is 486 g/mol. The van der Waals surface area contributed by atoms with E-state index in [0.29, 0.717) is 6.61 Å². The number of aliphatic hydroxyl groups excluding tert-OH is 1. The number of nitrogens with zero attached hydrogens (tertiary/aromatic N) is 2. The van der Waals surface area contributed by atoms with Gasteiger partial charge in [-0.1, -0.05) is 103 Å². The molecule has 0 unspecified atom stereocenters. The predicted molar refractivity (Wildman–Crippen MR) is 140 cm³/mol. The van der Waals surface area contributed by atoms with Crippen molar-refractivity contribution in [1.29, 1.82) is 0 Å². The first kappa shape index (κ1) is 38.7. The Kier molecular flexibility index (Phi) is 38.0. The molecule has 0 bridgehead atoms. The summed E-state index contributed by atoms with van der Waals surface area (Å²) in [6.07, 6.45) is 24.2. The van der Waals surface area contributed by atoms with Crippen molar-refractivity contribution in [1.82, 2.24) is 4.90 Å². The average Bonchev–Trinajstić information content (AvgIpc) is 2.65. The van der Waals surface area contributed by atoms with Crippen molar-refractivity contribution in [2.75, 3.05) is 54.9 Å². The molecule has 0 heterocycles. The Morgan fingerprint density at radius 2 is 0.903 bits per heavy atom. The van der Waals surface area contributed by atoms with E-state index in [1.807, 2.05) is 0 Å². The Labute approximate surface area is 210 Å². The quantitative estimate of drug-likeness (QED) is 0.204. The molecule has 0 aliphatic heterocycles. The molecule has 31 heavy (non-hydrogen) atoms. The van der Waals surface area contributed by atoms with Crippen LogP contribution in [0.1, 0.15) is 116 Å². The van der Waals surface area contributed by atoms with E-state index in [1.54, 1.807) is 0 Å². The number of rotatable bonds is 20. The Hall–Kier alpha value is 0.460. The average molecular weight is 488 g/mol. The van der Waals surface area contributed by atoms with Crippen molar-refractivity contribution in [3.63, 3.8) is 0 Å². The lowest BCUT2D eigenvalue weighted by molar-refractivity contribution is -0.870. The maximum atomic E-state index is 8.42. The second-order valence-corrected chi connectivity index (χ2v) is 10.2. The molecule has 0 saturated heterocycles. The van der Waals surface area contributed by atoms with Crippen LogP contribution in [0.4, 0.5) is 0 Å².